The molecule has 17 heavy (non-hydrogen) atoms. The van der Waals surface area contributed by atoms with Crippen LogP contribution in [0.5, 0.6) is 0 Å². The second kappa shape index (κ2) is 3.89. The number of nitrogens with zero attached hydrogens (tertiary/aromatic N) is 2. The van der Waals surface area contributed by atoms with Crippen molar-refractivity contribution < 1.29 is 0 Å². The molecule has 90 valence electrons. The van der Waals surface area contributed by atoms with Gasteiger partial charge in [0.1, 0.15) is 0 Å². The van der Waals surface area contributed by atoms with Gasteiger partial charge in [0.25, 0.3) is 0 Å². The van der Waals surface area contributed by atoms with Gasteiger partial charge in [-0.2, -0.15) is 0 Å². The van der Waals surface area contributed by atoms with Gasteiger partial charge in [-0.05, 0) is 31.5 Å². The second-order valence-corrected chi connectivity index (χ2v) is 4.83. The number of aryl methyl sites for hydroxylation is 1. The molecular formula is C13H17N3O. The number of aromatic nitrogens is 2. The summed E-state index contributed by atoms with van der Waals surface area (Å²) < 4.78 is 3.15. The summed E-state index contributed by atoms with van der Waals surface area (Å²) in [6.07, 6.45) is 3.49. The van der Waals surface area contributed by atoms with Gasteiger partial charge in [0.2, 0.25) is 0 Å². The Labute approximate surface area is 100 Å². The summed E-state index contributed by atoms with van der Waals surface area (Å²) in [4.78, 5) is 11.8. The molecule has 0 atom stereocenters. The maximum Gasteiger partial charge on any atom is 0.332 e. The van der Waals surface area contributed by atoms with E-state index >= 15 is 0 Å². The third kappa shape index (κ3) is 2.17. The largest absolute Gasteiger partial charge is 0.332 e. The number of hydrogen-bond acceptors (Lipinski definition) is 2. The van der Waals surface area contributed by atoms with E-state index in [0.717, 1.165) is 11.3 Å². The van der Waals surface area contributed by atoms with E-state index in [-0.39, 0.29) is 11.2 Å². The van der Waals surface area contributed by atoms with E-state index in [9.17, 15) is 4.79 Å². The number of nitrogens with two attached hydrogens (primary N) is 1. The fourth-order valence-electron chi connectivity index (χ4n) is 1.71. The molecule has 1 aromatic heterocycles. The molecule has 0 saturated carbocycles. The van der Waals surface area contributed by atoms with Gasteiger partial charge in [-0.15, -0.1) is 0 Å². The maximum absolute atomic E-state index is 11.8. The molecular weight excluding hydrogens is 214 g/mol. The summed E-state index contributed by atoms with van der Waals surface area (Å²) in [5.74, 6) is 0. The van der Waals surface area contributed by atoms with Crippen molar-refractivity contribution in [1.82, 2.24) is 9.13 Å². The fourth-order valence-corrected chi connectivity index (χ4v) is 1.71. The molecule has 0 saturated heterocycles. The Bertz CT molecular complexity index is 570. The minimum Gasteiger partial charge on any atom is -0.322 e. The van der Waals surface area contributed by atoms with Crippen molar-refractivity contribution in [2.24, 2.45) is 12.8 Å². The molecule has 2 N–H and O–H groups in total. The Hall–Kier alpha value is -1.81. The lowest BCUT2D eigenvalue weighted by atomic mass is 9.96. The molecule has 4 heteroatoms. The summed E-state index contributed by atoms with van der Waals surface area (Å²) in [5, 5.41) is 0. The first-order valence-electron chi connectivity index (χ1n) is 5.53. The number of rotatable bonds is 2. The van der Waals surface area contributed by atoms with Gasteiger partial charge in [-0.3, -0.25) is 4.57 Å². The molecule has 0 aliphatic rings. The van der Waals surface area contributed by atoms with E-state index in [0.29, 0.717) is 0 Å². The van der Waals surface area contributed by atoms with Crippen molar-refractivity contribution in [1.29, 1.82) is 0 Å². The van der Waals surface area contributed by atoms with Gasteiger partial charge >= 0.3 is 5.69 Å². The average Bonchev–Trinajstić information content (AvgIpc) is 2.59. The van der Waals surface area contributed by atoms with Crippen LogP contribution in [-0.2, 0) is 12.6 Å². The van der Waals surface area contributed by atoms with Gasteiger partial charge in [0.05, 0.1) is 5.69 Å². The minimum absolute atomic E-state index is 0.0511. The quantitative estimate of drug-likeness (QED) is 0.848. The SMILES string of the molecule is Cn1ccn(-c2ccc(C(C)(C)N)cc2)c1=O. The Morgan fingerprint density at radius 2 is 1.71 bits per heavy atom. The summed E-state index contributed by atoms with van der Waals surface area (Å²) in [6.45, 7) is 3.91. The Kier molecular flexibility index (Phi) is 2.67. The average molecular weight is 231 g/mol. The molecule has 0 aliphatic heterocycles. The van der Waals surface area contributed by atoms with E-state index in [2.05, 4.69) is 0 Å². The second-order valence-electron chi connectivity index (χ2n) is 4.83. The van der Waals surface area contributed by atoms with Gasteiger partial charge < -0.3 is 10.3 Å². The van der Waals surface area contributed by atoms with Crippen LogP contribution in [0.1, 0.15) is 19.4 Å². The van der Waals surface area contributed by atoms with Crippen molar-refractivity contribution in [3.8, 4) is 5.69 Å². The molecule has 0 amide bonds. The monoisotopic (exact) mass is 231 g/mol. The predicted octanol–water partition coefficient (Wildman–Crippen LogP) is 1.37. The summed E-state index contributed by atoms with van der Waals surface area (Å²) in [5.41, 5.74) is 7.49. The molecule has 0 fully saturated rings. The van der Waals surface area contributed by atoms with Crippen LogP contribution < -0.4 is 11.4 Å². The zero-order valence-corrected chi connectivity index (χ0v) is 10.3. The molecule has 0 aliphatic carbocycles. The first-order valence-corrected chi connectivity index (χ1v) is 5.53. The third-order valence-electron chi connectivity index (χ3n) is 2.84. The van der Waals surface area contributed by atoms with E-state index in [4.69, 9.17) is 5.73 Å². The topological polar surface area (TPSA) is 52.9 Å². The molecule has 0 bridgehead atoms. The first-order chi connectivity index (χ1) is 7.89. The number of hydrogen-bond donors (Lipinski definition) is 1. The predicted molar refractivity (Wildman–Crippen MR) is 68.2 cm³/mol. The third-order valence-corrected chi connectivity index (χ3v) is 2.84. The van der Waals surface area contributed by atoms with Crippen molar-refractivity contribution in [2.75, 3.05) is 0 Å². The Balaban J connectivity index is 2.43. The fraction of sp³-hybridized carbons (Fsp3) is 0.308. The molecule has 4 nitrogen and oxygen atoms in total. The van der Waals surface area contributed by atoms with Crippen molar-refractivity contribution >= 4 is 0 Å². The highest BCUT2D eigenvalue weighted by Gasteiger charge is 2.13. The van der Waals surface area contributed by atoms with Crippen LogP contribution in [0, 0.1) is 0 Å². The highest BCUT2D eigenvalue weighted by atomic mass is 16.1. The Morgan fingerprint density at radius 1 is 1.12 bits per heavy atom. The standard InChI is InChI=1S/C13H17N3O/c1-13(2,14)10-4-6-11(7-5-10)16-9-8-15(3)12(16)17/h4-9H,14H2,1-3H3. The molecule has 1 aromatic carbocycles. The molecule has 0 radical (unpaired) electrons. The van der Waals surface area contributed by atoms with Gasteiger partial charge in [-0.25, -0.2) is 4.79 Å². The number of benzene rings is 1. The maximum atomic E-state index is 11.8. The lowest BCUT2D eigenvalue weighted by molar-refractivity contribution is 0.554. The molecule has 2 aromatic rings. The van der Waals surface area contributed by atoms with Crippen LogP contribution in [0.3, 0.4) is 0 Å². The van der Waals surface area contributed by atoms with Crippen LogP contribution >= 0.6 is 0 Å². The summed E-state index contributed by atoms with van der Waals surface area (Å²) in [6, 6.07) is 7.72. The lowest BCUT2D eigenvalue weighted by Crippen LogP contribution is -2.28. The lowest BCUT2D eigenvalue weighted by Gasteiger charge is -2.19. The zero-order valence-electron chi connectivity index (χ0n) is 10.3. The smallest absolute Gasteiger partial charge is 0.322 e. The van der Waals surface area contributed by atoms with Crippen molar-refractivity contribution in [3.63, 3.8) is 0 Å². The van der Waals surface area contributed by atoms with Gasteiger partial charge in [-0.1, -0.05) is 12.1 Å². The van der Waals surface area contributed by atoms with Gasteiger partial charge in [0.15, 0.2) is 0 Å². The van der Waals surface area contributed by atoms with Crippen LogP contribution in [0.25, 0.3) is 5.69 Å². The van der Waals surface area contributed by atoms with E-state index in [1.807, 2.05) is 38.1 Å². The van der Waals surface area contributed by atoms with E-state index in [1.54, 1.807) is 28.6 Å². The van der Waals surface area contributed by atoms with Crippen LogP contribution in [-0.4, -0.2) is 9.13 Å². The number of imidazole rings is 1. The van der Waals surface area contributed by atoms with E-state index in [1.165, 1.54) is 0 Å². The first kappa shape index (κ1) is 11.7. The Morgan fingerprint density at radius 3 is 2.12 bits per heavy atom. The molecule has 0 spiro atoms. The highest BCUT2D eigenvalue weighted by molar-refractivity contribution is 5.36. The highest BCUT2D eigenvalue weighted by Crippen LogP contribution is 2.18. The van der Waals surface area contributed by atoms with Crippen molar-refractivity contribution in [3.05, 3.63) is 52.7 Å². The zero-order chi connectivity index (χ0) is 12.6. The molecule has 2 rings (SSSR count). The molecule has 0 unspecified atom stereocenters. The van der Waals surface area contributed by atoms with Gasteiger partial charge in [0, 0.05) is 25.0 Å². The molecule has 1 heterocycles. The van der Waals surface area contributed by atoms with E-state index < -0.39 is 0 Å². The van der Waals surface area contributed by atoms with Crippen LogP contribution in [0.4, 0.5) is 0 Å². The summed E-state index contributed by atoms with van der Waals surface area (Å²) in [7, 11) is 1.73. The van der Waals surface area contributed by atoms with Crippen LogP contribution in [0.15, 0.2) is 41.5 Å². The van der Waals surface area contributed by atoms with Crippen molar-refractivity contribution in [2.45, 2.75) is 19.4 Å². The summed E-state index contributed by atoms with van der Waals surface area (Å²) >= 11 is 0. The minimum atomic E-state index is -0.361. The normalized spacial score (nSPS) is 11.8. The van der Waals surface area contributed by atoms with Crippen LogP contribution in [0.2, 0.25) is 0 Å².